The van der Waals surface area contributed by atoms with Crippen LogP contribution in [0.2, 0.25) is 0 Å². The third kappa shape index (κ3) is 3.33. The zero-order valence-electron chi connectivity index (χ0n) is 13.2. The van der Waals surface area contributed by atoms with Crippen LogP contribution in [0, 0.1) is 5.92 Å². The van der Waals surface area contributed by atoms with Crippen LogP contribution >= 0.6 is 11.3 Å². The fourth-order valence-corrected chi connectivity index (χ4v) is 3.88. The van der Waals surface area contributed by atoms with E-state index in [0.717, 1.165) is 38.2 Å². The Morgan fingerprint density at radius 2 is 2.35 bits per heavy atom. The van der Waals surface area contributed by atoms with E-state index in [1.54, 1.807) is 17.4 Å². The van der Waals surface area contributed by atoms with Crippen molar-refractivity contribution in [2.24, 2.45) is 5.92 Å². The van der Waals surface area contributed by atoms with Gasteiger partial charge in [0.25, 0.3) is 5.91 Å². The van der Waals surface area contributed by atoms with Crippen LogP contribution < -0.4 is 5.32 Å². The van der Waals surface area contributed by atoms with Crippen molar-refractivity contribution in [2.45, 2.75) is 38.3 Å². The van der Waals surface area contributed by atoms with Gasteiger partial charge in [-0.2, -0.15) is 11.3 Å². The number of hydrogen-bond donors (Lipinski definition) is 1. The predicted molar refractivity (Wildman–Crippen MR) is 88.5 cm³/mol. The summed E-state index contributed by atoms with van der Waals surface area (Å²) in [6, 6.07) is 4.13. The average molecular weight is 331 g/mol. The zero-order valence-corrected chi connectivity index (χ0v) is 14.0. The van der Waals surface area contributed by atoms with Gasteiger partial charge in [-0.15, -0.1) is 0 Å². The molecule has 0 bridgehead atoms. The van der Waals surface area contributed by atoms with Crippen LogP contribution in [-0.4, -0.2) is 35.1 Å². The fraction of sp³-hybridized carbons (Fsp3) is 0.529. The lowest BCUT2D eigenvalue weighted by atomic mass is 10.1. The first-order chi connectivity index (χ1) is 11.2. The summed E-state index contributed by atoms with van der Waals surface area (Å²) in [5, 5.41) is 11.3. The molecule has 2 atom stereocenters. The van der Waals surface area contributed by atoms with E-state index >= 15 is 0 Å². The molecule has 5 nitrogen and oxygen atoms in total. The summed E-state index contributed by atoms with van der Waals surface area (Å²) < 4.78 is 5.27. The number of hydrogen-bond acceptors (Lipinski definition) is 5. The van der Waals surface area contributed by atoms with E-state index in [-0.39, 0.29) is 11.9 Å². The van der Waals surface area contributed by atoms with Crippen molar-refractivity contribution in [3.05, 3.63) is 39.9 Å². The van der Waals surface area contributed by atoms with Gasteiger partial charge in [0.15, 0.2) is 5.69 Å². The van der Waals surface area contributed by atoms with E-state index in [1.807, 2.05) is 0 Å². The molecule has 0 radical (unpaired) electrons. The molecule has 1 aliphatic heterocycles. The Morgan fingerprint density at radius 1 is 1.48 bits per heavy atom. The highest BCUT2D eigenvalue weighted by molar-refractivity contribution is 7.07. The number of nitrogens with one attached hydrogen (secondary N) is 1. The molecule has 2 aromatic heterocycles. The van der Waals surface area contributed by atoms with Gasteiger partial charge < -0.3 is 9.84 Å². The van der Waals surface area contributed by atoms with Crippen LogP contribution in [0.1, 0.15) is 47.5 Å². The van der Waals surface area contributed by atoms with E-state index < -0.39 is 0 Å². The lowest BCUT2D eigenvalue weighted by Gasteiger charge is -2.16. The molecule has 2 fully saturated rings. The van der Waals surface area contributed by atoms with Crippen LogP contribution in [0.3, 0.4) is 0 Å². The molecule has 1 aliphatic carbocycles. The van der Waals surface area contributed by atoms with Gasteiger partial charge in [0, 0.05) is 37.7 Å². The Hall–Kier alpha value is -1.66. The largest absolute Gasteiger partial charge is 0.360 e. The quantitative estimate of drug-likeness (QED) is 0.915. The second-order valence-electron chi connectivity index (χ2n) is 6.77. The van der Waals surface area contributed by atoms with E-state index in [0.29, 0.717) is 17.5 Å². The molecule has 1 amide bonds. The summed E-state index contributed by atoms with van der Waals surface area (Å²) >= 11 is 1.73. The Kier molecular flexibility index (Phi) is 3.95. The van der Waals surface area contributed by atoms with Crippen molar-refractivity contribution >= 4 is 17.2 Å². The number of nitrogens with zero attached hydrogens (tertiary/aromatic N) is 2. The maximum absolute atomic E-state index is 12.4. The van der Waals surface area contributed by atoms with E-state index in [9.17, 15) is 4.79 Å². The molecule has 1 saturated heterocycles. The maximum Gasteiger partial charge on any atom is 0.273 e. The van der Waals surface area contributed by atoms with E-state index in [1.165, 1.54) is 5.56 Å². The summed E-state index contributed by atoms with van der Waals surface area (Å²) in [5.41, 5.74) is 1.76. The molecule has 2 aliphatic rings. The first-order valence-corrected chi connectivity index (χ1v) is 9.14. The Labute approximate surface area is 139 Å². The van der Waals surface area contributed by atoms with Crippen LogP contribution in [0.25, 0.3) is 0 Å². The van der Waals surface area contributed by atoms with Gasteiger partial charge in [0.1, 0.15) is 5.76 Å². The lowest BCUT2D eigenvalue weighted by molar-refractivity contribution is 0.0922. The number of thiophene rings is 1. The van der Waals surface area contributed by atoms with Crippen LogP contribution in [0.5, 0.6) is 0 Å². The van der Waals surface area contributed by atoms with Crippen molar-refractivity contribution < 1.29 is 9.32 Å². The highest BCUT2D eigenvalue weighted by Crippen LogP contribution is 2.40. The molecule has 1 saturated carbocycles. The second kappa shape index (κ2) is 6.09. The zero-order chi connectivity index (χ0) is 15.8. The second-order valence-corrected chi connectivity index (χ2v) is 7.55. The normalized spacial score (nSPS) is 24.9. The highest BCUT2D eigenvalue weighted by Gasteiger charge is 2.33. The van der Waals surface area contributed by atoms with Gasteiger partial charge in [-0.25, -0.2) is 0 Å². The minimum Gasteiger partial charge on any atom is -0.360 e. The first-order valence-electron chi connectivity index (χ1n) is 8.20. The highest BCUT2D eigenvalue weighted by atomic mass is 32.1. The average Bonchev–Trinajstić information content (AvgIpc) is 2.94. The van der Waals surface area contributed by atoms with Crippen molar-refractivity contribution in [1.82, 2.24) is 15.4 Å². The Balaban J connectivity index is 1.35. The standard InChI is InChI=1S/C17H21N3O2S/c1-11-7-20(8-12-4-5-23-10-12)9-15(11)18-17(21)14-6-16(22-19-14)13-2-3-13/h4-6,10-11,13,15H,2-3,7-9H2,1H3,(H,18,21)/t11-,15+/m0/s1. The summed E-state index contributed by atoms with van der Waals surface area (Å²) in [4.78, 5) is 14.8. The Bertz CT molecular complexity index is 678. The number of amides is 1. The number of rotatable bonds is 5. The van der Waals surface area contributed by atoms with Gasteiger partial charge in [-0.3, -0.25) is 9.69 Å². The topological polar surface area (TPSA) is 58.4 Å². The molecule has 0 aromatic carbocycles. The number of aromatic nitrogens is 1. The predicted octanol–water partition coefficient (Wildman–Crippen LogP) is 2.86. The van der Waals surface area contributed by atoms with Gasteiger partial charge in [0.05, 0.1) is 0 Å². The number of carbonyl (C=O) groups excluding carboxylic acids is 1. The van der Waals surface area contributed by atoms with Crippen molar-refractivity contribution in [3.63, 3.8) is 0 Å². The van der Waals surface area contributed by atoms with Crippen LogP contribution in [0.15, 0.2) is 27.4 Å². The van der Waals surface area contributed by atoms with E-state index in [4.69, 9.17) is 4.52 Å². The lowest BCUT2D eigenvalue weighted by Crippen LogP contribution is -2.39. The first kappa shape index (κ1) is 14.9. The number of likely N-dealkylation sites (tertiary alicyclic amines) is 1. The minimum absolute atomic E-state index is 0.116. The molecule has 0 spiro atoms. The summed E-state index contributed by atoms with van der Waals surface area (Å²) in [6.45, 7) is 5.04. The summed E-state index contributed by atoms with van der Waals surface area (Å²) in [7, 11) is 0. The van der Waals surface area contributed by atoms with E-state index in [2.05, 4.69) is 39.1 Å². The molecule has 1 N–H and O–H groups in total. The molecule has 6 heteroatoms. The third-order valence-electron chi connectivity index (χ3n) is 4.73. The molecule has 4 rings (SSSR count). The molecule has 3 heterocycles. The van der Waals surface area contributed by atoms with Crippen LogP contribution in [-0.2, 0) is 6.54 Å². The van der Waals surface area contributed by atoms with Gasteiger partial charge in [-0.05, 0) is 41.1 Å². The van der Waals surface area contributed by atoms with Crippen LogP contribution in [0.4, 0.5) is 0 Å². The van der Waals surface area contributed by atoms with Gasteiger partial charge in [0.2, 0.25) is 0 Å². The smallest absolute Gasteiger partial charge is 0.273 e. The molecular weight excluding hydrogens is 310 g/mol. The van der Waals surface area contributed by atoms with Crippen molar-refractivity contribution in [1.29, 1.82) is 0 Å². The molecule has 122 valence electrons. The molecular formula is C17H21N3O2S. The SMILES string of the molecule is C[C@H]1CN(Cc2ccsc2)C[C@H]1NC(=O)c1cc(C2CC2)on1. The molecule has 0 unspecified atom stereocenters. The van der Waals surface area contributed by atoms with Gasteiger partial charge in [-0.1, -0.05) is 12.1 Å². The minimum atomic E-state index is -0.116. The monoisotopic (exact) mass is 331 g/mol. The Morgan fingerprint density at radius 3 is 3.09 bits per heavy atom. The van der Waals surface area contributed by atoms with Crippen molar-refractivity contribution in [2.75, 3.05) is 13.1 Å². The number of carbonyl (C=O) groups is 1. The molecule has 2 aromatic rings. The third-order valence-corrected chi connectivity index (χ3v) is 5.46. The fourth-order valence-electron chi connectivity index (χ4n) is 3.22. The molecule has 23 heavy (non-hydrogen) atoms. The summed E-state index contributed by atoms with van der Waals surface area (Å²) in [5.74, 6) is 1.66. The maximum atomic E-state index is 12.4. The summed E-state index contributed by atoms with van der Waals surface area (Å²) in [6.07, 6.45) is 2.29. The van der Waals surface area contributed by atoms with Crippen molar-refractivity contribution in [3.8, 4) is 0 Å². The van der Waals surface area contributed by atoms with Gasteiger partial charge >= 0.3 is 0 Å².